The van der Waals surface area contributed by atoms with Crippen LogP contribution >= 0.6 is 15.9 Å². The Labute approximate surface area is 113 Å². The number of rotatable bonds is 2. The van der Waals surface area contributed by atoms with Crippen molar-refractivity contribution in [3.63, 3.8) is 0 Å². The average molecular weight is 309 g/mol. The van der Waals surface area contributed by atoms with Gasteiger partial charge in [0, 0.05) is 12.2 Å². The van der Waals surface area contributed by atoms with Crippen LogP contribution in [-0.4, -0.2) is 9.13 Å². The largest absolute Gasteiger partial charge is 0.335 e. The number of hydrogen-bond acceptors (Lipinski definition) is 2. The first-order chi connectivity index (χ1) is 8.57. The number of benzene rings is 1. The van der Waals surface area contributed by atoms with Crippen molar-refractivity contribution in [1.82, 2.24) is 9.13 Å². The molecule has 2 rings (SSSR count). The van der Waals surface area contributed by atoms with Gasteiger partial charge in [0.2, 0.25) is 0 Å². The number of aromatic nitrogens is 2. The molecule has 1 heterocycles. The molecule has 0 N–H and O–H groups in total. The van der Waals surface area contributed by atoms with E-state index in [-0.39, 0.29) is 11.2 Å². The molecule has 0 aliphatic carbocycles. The van der Waals surface area contributed by atoms with Crippen LogP contribution < -0.4 is 11.2 Å². The number of para-hydroxylation sites is 1. The second-order valence-corrected chi connectivity index (χ2v) is 4.70. The minimum atomic E-state index is -0.311. The van der Waals surface area contributed by atoms with E-state index in [4.69, 9.17) is 0 Å². The second kappa shape index (κ2) is 4.94. The van der Waals surface area contributed by atoms with Crippen molar-refractivity contribution in [2.45, 2.75) is 20.4 Å². The summed E-state index contributed by atoms with van der Waals surface area (Å²) < 4.78 is 3.17. The quantitative estimate of drug-likeness (QED) is 0.852. The highest BCUT2D eigenvalue weighted by molar-refractivity contribution is 9.10. The number of hydrogen-bond donors (Lipinski definition) is 0. The molecule has 2 aromatic rings. The summed E-state index contributed by atoms with van der Waals surface area (Å²) in [5, 5.41) is 0. The van der Waals surface area contributed by atoms with Gasteiger partial charge in [0.25, 0.3) is 5.56 Å². The fourth-order valence-electron chi connectivity index (χ4n) is 1.88. The SMILES string of the molecule is CCn1c(=O)c(Br)c(C)n(-c2ccccc2)c1=O. The molecular formula is C13H13BrN2O2. The van der Waals surface area contributed by atoms with Crippen molar-refractivity contribution < 1.29 is 0 Å². The van der Waals surface area contributed by atoms with Crippen molar-refractivity contribution in [1.29, 1.82) is 0 Å². The minimum absolute atomic E-state index is 0.285. The molecule has 0 amide bonds. The first-order valence-electron chi connectivity index (χ1n) is 5.65. The molecule has 94 valence electrons. The van der Waals surface area contributed by atoms with Crippen LogP contribution in [0.5, 0.6) is 0 Å². The third-order valence-electron chi connectivity index (χ3n) is 2.84. The van der Waals surface area contributed by atoms with E-state index in [0.717, 1.165) is 5.69 Å². The molecule has 0 unspecified atom stereocenters. The van der Waals surface area contributed by atoms with Gasteiger partial charge in [-0.3, -0.25) is 13.9 Å². The summed E-state index contributed by atoms with van der Waals surface area (Å²) in [7, 11) is 0. The molecule has 0 saturated carbocycles. The van der Waals surface area contributed by atoms with Gasteiger partial charge in [0.1, 0.15) is 4.47 Å². The van der Waals surface area contributed by atoms with Crippen molar-refractivity contribution in [3.05, 3.63) is 61.3 Å². The lowest BCUT2D eigenvalue weighted by Gasteiger charge is -2.13. The summed E-state index contributed by atoms with van der Waals surface area (Å²) in [5.41, 5.74) is 0.769. The third kappa shape index (κ3) is 1.95. The van der Waals surface area contributed by atoms with E-state index in [1.807, 2.05) is 30.3 Å². The van der Waals surface area contributed by atoms with E-state index < -0.39 is 0 Å². The number of nitrogens with zero attached hydrogens (tertiary/aromatic N) is 2. The smallest absolute Gasteiger partial charge is 0.268 e. The molecule has 4 nitrogen and oxygen atoms in total. The van der Waals surface area contributed by atoms with Crippen LogP contribution in [0.2, 0.25) is 0 Å². The van der Waals surface area contributed by atoms with Gasteiger partial charge in [-0.05, 0) is 41.9 Å². The van der Waals surface area contributed by atoms with Gasteiger partial charge in [0.05, 0.1) is 5.69 Å². The molecule has 0 bridgehead atoms. The zero-order valence-corrected chi connectivity index (χ0v) is 11.8. The normalized spacial score (nSPS) is 10.6. The molecule has 5 heteroatoms. The average Bonchev–Trinajstić information content (AvgIpc) is 2.38. The van der Waals surface area contributed by atoms with Crippen LogP contribution in [-0.2, 0) is 6.54 Å². The van der Waals surface area contributed by atoms with E-state index in [9.17, 15) is 9.59 Å². The summed E-state index contributed by atoms with van der Waals surface area (Å²) in [6, 6.07) is 9.28. The monoisotopic (exact) mass is 308 g/mol. The number of halogens is 1. The molecule has 0 aliphatic rings. The van der Waals surface area contributed by atoms with Gasteiger partial charge in [-0.25, -0.2) is 4.79 Å². The Morgan fingerprint density at radius 2 is 1.78 bits per heavy atom. The Balaban J connectivity index is 2.89. The maximum absolute atomic E-state index is 12.3. The van der Waals surface area contributed by atoms with E-state index in [2.05, 4.69) is 15.9 Å². The Hall–Kier alpha value is -1.62. The minimum Gasteiger partial charge on any atom is -0.268 e. The molecule has 1 aromatic heterocycles. The third-order valence-corrected chi connectivity index (χ3v) is 3.75. The second-order valence-electron chi connectivity index (χ2n) is 3.90. The summed E-state index contributed by atoms with van der Waals surface area (Å²) in [6.45, 7) is 3.88. The molecule has 0 atom stereocenters. The van der Waals surface area contributed by atoms with Crippen LogP contribution in [0.3, 0.4) is 0 Å². The van der Waals surface area contributed by atoms with Crippen LogP contribution in [0.4, 0.5) is 0 Å². The van der Waals surface area contributed by atoms with Crippen LogP contribution in [0.15, 0.2) is 44.4 Å². The zero-order valence-electron chi connectivity index (χ0n) is 10.2. The van der Waals surface area contributed by atoms with Gasteiger partial charge in [-0.15, -0.1) is 0 Å². The van der Waals surface area contributed by atoms with E-state index in [1.165, 1.54) is 9.13 Å². The zero-order chi connectivity index (χ0) is 13.3. The predicted molar refractivity (Wildman–Crippen MR) is 74.4 cm³/mol. The van der Waals surface area contributed by atoms with Crippen LogP contribution in [0.25, 0.3) is 5.69 Å². The maximum Gasteiger partial charge on any atom is 0.335 e. The molecule has 1 aromatic carbocycles. The lowest BCUT2D eigenvalue weighted by atomic mass is 10.3. The molecule has 0 radical (unpaired) electrons. The van der Waals surface area contributed by atoms with Gasteiger partial charge < -0.3 is 0 Å². The van der Waals surface area contributed by atoms with Gasteiger partial charge in [0.15, 0.2) is 0 Å². The Kier molecular flexibility index (Phi) is 3.52. The van der Waals surface area contributed by atoms with Crippen LogP contribution in [0.1, 0.15) is 12.6 Å². The summed E-state index contributed by atoms with van der Waals surface area (Å²) in [4.78, 5) is 24.2. The van der Waals surface area contributed by atoms with Crippen molar-refractivity contribution >= 4 is 15.9 Å². The topological polar surface area (TPSA) is 44.0 Å². The molecular weight excluding hydrogens is 296 g/mol. The summed E-state index contributed by atoms with van der Waals surface area (Å²) >= 11 is 3.26. The van der Waals surface area contributed by atoms with Gasteiger partial charge >= 0.3 is 5.69 Å². The maximum atomic E-state index is 12.3. The van der Waals surface area contributed by atoms with Crippen molar-refractivity contribution in [2.75, 3.05) is 0 Å². The first kappa shape index (κ1) is 12.8. The first-order valence-corrected chi connectivity index (χ1v) is 6.44. The fraction of sp³-hybridized carbons (Fsp3) is 0.231. The predicted octanol–water partition coefficient (Wildman–Crippen LogP) is 2.09. The Bertz CT molecular complexity index is 687. The molecule has 0 saturated heterocycles. The standard InChI is InChI=1S/C13H13BrN2O2/c1-3-15-12(17)11(14)9(2)16(13(15)18)10-7-5-4-6-8-10/h4-8H,3H2,1-2H3. The van der Waals surface area contributed by atoms with E-state index in [1.54, 1.807) is 13.8 Å². The van der Waals surface area contributed by atoms with Crippen molar-refractivity contribution in [3.8, 4) is 5.69 Å². The molecule has 0 fully saturated rings. The van der Waals surface area contributed by atoms with Crippen molar-refractivity contribution in [2.24, 2.45) is 0 Å². The Morgan fingerprint density at radius 3 is 2.33 bits per heavy atom. The fourth-order valence-corrected chi connectivity index (χ4v) is 2.27. The molecule has 18 heavy (non-hydrogen) atoms. The summed E-state index contributed by atoms with van der Waals surface area (Å²) in [6.07, 6.45) is 0. The molecule has 0 spiro atoms. The lowest BCUT2D eigenvalue weighted by molar-refractivity contribution is 0.632. The van der Waals surface area contributed by atoms with Gasteiger partial charge in [-0.1, -0.05) is 18.2 Å². The highest BCUT2D eigenvalue weighted by Crippen LogP contribution is 2.13. The summed E-state index contributed by atoms with van der Waals surface area (Å²) in [5.74, 6) is 0. The highest BCUT2D eigenvalue weighted by Gasteiger charge is 2.14. The van der Waals surface area contributed by atoms with E-state index >= 15 is 0 Å². The lowest BCUT2D eigenvalue weighted by Crippen LogP contribution is -2.40. The van der Waals surface area contributed by atoms with Crippen LogP contribution in [0, 0.1) is 6.92 Å². The van der Waals surface area contributed by atoms with Gasteiger partial charge in [-0.2, -0.15) is 0 Å². The highest BCUT2D eigenvalue weighted by atomic mass is 79.9. The van der Waals surface area contributed by atoms with E-state index in [0.29, 0.717) is 16.7 Å². The Morgan fingerprint density at radius 1 is 1.17 bits per heavy atom. The molecule has 0 aliphatic heterocycles.